The third kappa shape index (κ3) is 4.95. The fourth-order valence-electron chi connectivity index (χ4n) is 1.29. The molecular weight excluding hydrogens is 236 g/mol. The number of Topliss-reactive ketones (excluding diaryl/α,β-unsaturated/α-hetero) is 1. The highest BCUT2D eigenvalue weighted by Gasteiger charge is 2.13. The SMILES string of the molecule is Cc1cccc(CC(=O)CS(=O)(=O)Cl)c1. The Morgan fingerprint density at radius 2 is 2.07 bits per heavy atom. The van der Waals surface area contributed by atoms with E-state index in [-0.39, 0.29) is 6.42 Å². The molecule has 0 bridgehead atoms. The van der Waals surface area contributed by atoms with Crippen molar-refractivity contribution in [3.05, 3.63) is 35.4 Å². The third-order valence-corrected chi connectivity index (χ3v) is 2.81. The van der Waals surface area contributed by atoms with Crippen molar-refractivity contribution in [2.24, 2.45) is 0 Å². The molecule has 15 heavy (non-hydrogen) atoms. The van der Waals surface area contributed by atoms with Crippen molar-refractivity contribution in [1.29, 1.82) is 0 Å². The van der Waals surface area contributed by atoms with Gasteiger partial charge in [-0.15, -0.1) is 0 Å². The second-order valence-electron chi connectivity index (χ2n) is 3.39. The predicted molar refractivity (Wildman–Crippen MR) is 59.5 cm³/mol. The molecule has 1 aromatic rings. The molecule has 0 aliphatic rings. The van der Waals surface area contributed by atoms with Crippen LogP contribution in [0.4, 0.5) is 0 Å². The molecule has 0 aromatic heterocycles. The van der Waals surface area contributed by atoms with Crippen LogP contribution in [0.3, 0.4) is 0 Å². The maximum atomic E-state index is 11.3. The van der Waals surface area contributed by atoms with Crippen LogP contribution in [0.5, 0.6) is 0 Å². The summed E-state index contributed by atoms with van der Waals surface area (Å²) in [6.07, 6.45) is 0.105. The highest BCUT2D eigenvalue weighted by molar-refractivity contribution is 8.14. The van der Waals surface area contributed by atoms with Crippen LogP contribution in [0.25, 0.3) is 0 Å². The van der Waals surface area contributed by atoms with Crippen molar-refractivity contribution < 1.29 is 13.2 Å². The Morgan fingerprint density at radius 1 is 1.40 bits per heavy atom. The first-order valence-electron chi connectivity index (χ1n) is 4.36. The molecule has 0 N–H and O–H groups in total. The van der Waals surface area contributed by atoms with E-state index in [0.29, 0.717) is 0 Å². The lowest BCUT2D eigenvalue weighted by Gasteiger charge is -2.00. The molecule has 0 saturated carbocycles. The second-order valence-corrected chi connectivity index (χ2v) is 6.16. The summed E-state index contributed by atoms with van der Waals surface area (Å²) in [7, 11) is 1.25. The third-order valence-electron chi connectivity index (χ3n) is 1.82. The van der Waals surface area contributed by atoms with Gasteiger partial charge in [-0.1, -0.05) is 29.8 Å². The van der Waals surface area contributed by atoms with Crippen molar-refractivity contribution >= 4 is 25.5 Å². The van der Waals surface area contributed by atoms with Crippen LogP contribution in [-0.2, 0) is 20.3 Å². The largest absolute Gasteiger partial charge is 0.298 e. The lowest BCUT2D eigenvalue weighted by molar-refractivity contribution is -0.116. The molecule has 3 nitrogen and oxygen atoms in total. The Kier molecular flexibility index (Phi) is 3.88. The molecule has 0 atom stereocenters. The Hall–Kier alpha value is -0.870. The van der Waals surface area contributed by atoms with Gasteiger partial charge >= 0.3 is 0 Å². The lowest BCUT2D eigenvalue weighted by atomic mass is 10.1. The van der Waals surface area contributed by atoms with Gasteiger partial charge in [0.15, 0.2) is 5.78 Å². The zero-order valence-electron chi connectivity index (χ0n) is 8.23. The molecule has 5 heteroatoms. The van der Waals surface area contributed by atoms with Crippen molar-refractivity contribution in [3.63, 3.8) is 0 Å². The molecule has 0 heterocycles. The van der Waals surface area contributed by atoms with E-state index in [1.165, 1.54) is 0 Å². The number of rotatable bonds is 4. The minimum Gasteiger partial charge on any atom is -0.298 e. The van der Waals surface area contributed by atoms with Crippen LogP contribution in [-0.4, -0.2) is 20.0 Å². The summed E-state index contributed by atoms with van der Waals surface area (Å²) < 4.78 is 21.3. The predicted octanol–water partition coefficient (Wildman–Crippen LogP) is 1.68. The summed E-state index contributed by atoms with van der Waals surface area (Å²) in [5.41, 5.74) is 1.84. The van der Waals surface area contributed by atoms with Crippen molar-refractivity contribution in [1.82, 2.24) is 0 Å². The standard InChI is InChI=1S/C10H11ClO3S/c1-8-3-2-4-9(5-8)6-10(12)7-15(11,13)14/h2-5H,6-7H2,1H3. The first-order valence-corrected chi connectivity index (χ1v) is 6.84. The van der Waals surface area contributed by atoms with Crippen molar-refractivity contribution in [2.45, 2.75) is 13.3 Å². The van der Waals surface area contributed by atoms with E-state index in [2.05, 4.69) is 0 Å². The number of hydrogen-bond donors (Lipinski definition) is 0. The maximum absolute atomic E-state index is 11.3. The van der Waals surface area contributed by atoms with Crippen LogP contribution in [0, 0.1) is 6.92 Å². The topological polar surface area (TPSA) is 51.2 Å². The summed E-state index contributed by atoms with van der Waals surface area (Å²) in [4.78, 5) is 11.3. The quantitative estimate of drug-likeness (QED) is 0.760. The van der Waals surface area contributed by atoms with E-state index < -0.39 is 20.6 Å². The molecule has 82 valence electrons. The molecule has 0 aliphatic heterocycles. The normalized spacial score (nSPS) is 11.3. The molecule has 0 unspecified atom stereocenters. The molecule has 0 spiro atoms. The van der Waals surface area contributed by atoms with Gasteiger partial charge in [0, 0.05) is 17.1 Å². The van der Waals surface area contributed by atoms with Gasteiger partial charge in [0.1, 0.15) is 5.75 Å². The van der Waals surface area contributed by atoms with Crippen LogP contribution in [0.15, 0.2) is 24.3 Å². The van der Waals surface area contributed by atoms with E-state index in [9.17, 15) is 13.2 Å². The number of carbonyl (C=O) groups is 1. The minimum atomic E-state index is -3.73. The number of carbonyl (C=O) groups excluding carboxylic acids is 1. The van der Waals surface area contributed by atoms with Gasteiger partial charge in [-0.05, 0) is 12.5 Å². The summed E-state index contributed by atoms with van der Waals surface area (Å²) in [5.74, 6) is -1.00. The van der Waals surface area contributed by atoms with Gasteiger partial charge in [-0.25, -0.2) is 8.42 Å². The number of benzene rings is 1. The van der Waals surface area contributed by atoms with Crippen LogP contribution in [0.2, 0.25) is 0 Å². The number of ketones is 1. The number of hydrogen-bond acceptors (Lipinski definition) is 3. The van der Waals surface area contributed by atoms with Crippen molar-refractivity contribution in [3.8, 4) is 0 Å². The van der Waals surface area contributed by atoms with Gasteiger partial charge in [0.05, 0.1) is 0 Å². The smallest absolute Gasteiger partial charge is 0.239 e. The van der Waals surface area contributed by atoms with E-state index >= 15 is 0 Å². The Balaban J connectivity index is 2.67. The molecule has 1 aromatic carbocycles. The zero-order valence-corrected chi connectivity index (χ0v) is 9.81. The minimum absolute atomic E-state index is 0.105. The number of aryl methyl sites for hydroxylation is 1. The molecule has 0 saturated heterocycles. The average molecular weight is 247 g/mol. The Bertz CT molecular complexity index is 465. The number of halogens is 1. The zero-order chi connectivity index (χ0) is 11.5. The molecule has 0 radical (unpaired) electrons. The fraction of sp³-hybridized carbons (Fsp3) is 0.300. The summed E-state index contributed by atoms with van der Waals surface area (Å²) in [5, 5.41) is 0. The van der Waals surface area contributed by atoms with Crippen LogP contribution >= 0.6 is 10.7 Å². The molecular formula is C10H11ClO3S. The van der Waals surface area contributed by atoms with E-state index in [0.717, 1.165) is 11.1 Å². The van der Waals surface area contributed by atoms with Crippen molar-refractivity contribution in [2.75, 3.05) is 5.75 Å². The summed E-state index contributed by atoms with van der Waals surface area (Å²) >= 11 is 0. The molecule has 0 aliphatic carbocycles. The van der Waals surface area contributed by atoms with Gasteiger partial charge in [-0.2, -0.15) is 0 Å². The lowest BCUT2D eigenvalue weighted by Crippen LogP contribution is -2.13. The highest BCUT2D eigenvalue weighted by atomic mass is 35.7. The maximum Gasteiger partial charge on any atom is 0.239 e. The first-order chi connectivity index (χ1) is 6.87. The molecule has 1 rings (SSSR count). The van der Waals surface area contributed by atoms with E-state index in [4.69, 9.17) is 10.7 Å². The fourth-order valence-corrected chi connectivity index (χ4v) is 2.14. The monoisotopic (exact) mass is 246 g/mol. The van der Waals surface area contributed by atoms with Crippen LogP contribution < -0.4 is 0 Å². The van der Waals surface area contributed by atoms with E-state index in [1.807, 2.05) is 25.1 Å². The summed E-state index contributed by atoms with van der Waals surface area (Å²) in [6.45, 7) is 1.91. The van der Waals surface area contributed by atoms with E-state index in [1.54, 1.807) is 6.07 Å². The van der Waals surface area contributed by atoms with Gasteiger partial charge in [0.25, 0.3) is 0 Å². The van der Waals surface area contributed by atoms with Crippen LogP contribution in [0.1, 0.15) is 11.1 Å². The second kappa shape index (κ2) is 4.77. The van der Waals surface area contributed by atoms with Gasteiger partial charge in [0.2, 0.25) is 9.05 Å². The van der Waals surface area contributed by atoms with Gasteiger partial charge in [-0.3, -0.25) is 4.79 Å². The summed E-state index contributed by atoms with van der Waals surface area (Å²) in [6, 6.07) is 7.36. The highest BCUT2D eigenvalue weighted by Crippen LogP contribution is 2.06. The van der Waals surface area contributed by atoms with Gasteiger partial charge < -0.3 is 0 Å². The molecule has 0 fully saturated rings. The Labute approximate surface area is 93.5 Å². The first kappa shape index (κ1) is 12.2. The molecule has 0 amide bonds. The Morgan fingerprint density at radius 3 is 2.60 bits per heavy atom. The average Bonchev–Trinajstić information content (AvgIpc) is 1.99.